The molecule has 7 nitrogen and oxygen atoms in total. The van der Waals surface area contributed by atoms with Crippen LogP contribution in [0.25, 0.3) is 11.0 Å². The Kier molecular flexibility index (Phi) is 5.74. The Balaban J connectivity index is 1.79. The molecule has 2 heterocycles. The van der Waals surface area contributed by atoms with Crippen LogP contribution in [-0.2, 0) is 27.7 Å². The summed E-state index contributed by atoms with van der Waals surface area (Å²) in [6.45, 7) is 5.30. The minimum absolute atomic E-state index is 0.0440. The smallest absolute Gasteiger partial charge is 0.329 e. The number of para-hydroxylation sites is 2. The first-order valence-corrected chi connectivity index (χ1v) is 11.4. The van der Waals surface area contributed by atoms with Crippen molar-refractivity contribution in [3.8, 4) is 0 Å². The summed E-state index contributed by atoms with van der Waals surface area (Å²) in [6, 6.07) is 7.37. The molecule has 8 heteroatoms. The second-order valence-electron chi connectivity index (χ2n) is 7.06. The number of hydrogen-bond donors (Lipinski definition) is 0. The van der Waals surface area contributed by atoms with Gasteiger partial charge in [-0.05, 0) is 31.9 Å². The summed E-state index contributed by atoms with van der Waals surface area (Å²) in [5, 5.41) is 0. The van der Waals surface area contributed by atoms with Crippen LogP contribution in [0, 0.1) is 0 Å². The molecule has 0 bridgehead atoms. The third kappa shape index (κ3) is 3.95. The van der Waals surface area contributed by atoms with Gasteiger partial charge < -0.3 is 4.90 Å². The highest BCUT2D eigenvalue weighted by atomic mass is 32.2. The van der Waals surface area contributed by atoms with Crippen molar-refractivity contribution in [1.82, 2.24) is 14.0 Å². The number of aromatic nitrogens is 2. The van der Waals surface area contributed by atoms with Crippen molar-refractivity contribution in [3.63, 3.8) is 0 Å². The lowest BCUT2D eigenvalue weighted by atomic mass is 10.2. The molecular weight excluding hydrogens is 366 g/mol. The summed E-state index contributed by atoms with van der Waals surface area (Å²) >= 11 is 0. The van der Waals surface area contributed by atoms with Crippen LogP contribution < -0.4 is 5.69 Å². The molecule has 0 spiro atoms. The van der Waals surface area contributed by atoms with Gasteiger partial charge in [0.2, 0.25) is 5.91 Å². The van der Waals surface area contributed by atoms with Gasteiger partial charge in [-0.15, -0.1) is 0 Å². The molecule has 1 atom stereocenters. The van der Waals surface area contributed by atoms with E-state index in [0.717, 1.165) is 17.5 Å². The Bertz CT molecular complexity index is 990. The van der Waals surface area contributed by atoms with Crippen LogP contribution in [-0.4, -0.2) is 52.5 Å². The number of rotatable bonds is 7. The van der Waals surface area contributed by atoms with Crippen LogP contribution >= 0.6 is 0 Å². The number of carbonyl (C=O) groups excluding carboxylic acids is 1. The fraction of sp³-hybridized carbons (Fsp3) is 0.579. The van der Waals surface area contributed by atoms with Crippen molar-refractivity contribution in [1.29, 1.82) is 0 Å². The zero-order valence-corrected chi connectivity index (χ0v) is 16.7. The molecule has 1 aliphatic rings. The number of amides is 1. The monoisotopic (exact) mass is 393 g/mol. The molecule has 0 aliphatic carbocycles. The van der Waals surface area contributed by atoms with Gasteiger partial charge in [0.25, 0.3) is 0 Å². The lowest BCUT2D eigenvalue weighted by Gasteiger charge is -2.27. The Morgan fingerprint density at radius 1 is 1.15 bits per heavy atom. The first-order valence-electron chi connectivity index (χ1n) is 9.56. The van der Waals surface area contributed by atoms with Crippen molar-refractivity contribution in [3.05, 3.63) is 34.7 Å². The molecular formula is C19H27N3O4S. The highest BCUT2D eigenvalue weighted by Crippen LogP contribution is 2.19. The summed E-state index contributed by atoms with van der Waals surface area (Å²) in [7, 11) is -3.04. The quantitative estimate of drug-likeness (QED) is 0.716. The molecule has 27 heavy (non-hydrogen) atoms. The predicted octanol–water partition coefficient (Wildman–Crippen LogP) is 1.64. The zero-order valence-electron chi connectivity index (χ0n) is 15.9. The summed E-state index contributed by atoms with van der Waals surface area (Å²) in [5.41, 5.74) is 1.61. The van der Waals surface area contributed by atoms with Gasteiger partial charge in [0.15, 0.2) is 9.84 Å². The molecule has 1 aromatic carbocycles. The van der Waals surface area contributed by atoms with E-state index >= 15 is 0 Å². The molecule has 0 radical (unpaired) electrons. The summed E-state index contributed by atoms with van der Waals surface area (Å²) in [5.74, 6) is 0.0899. The average Bonchev–Trinajstić information content (AvgIpc) is 3.12. The Hall–Kier alpha value is -2.09. The lowest BCUT2D eigenvalue weighted by molar-refractivity contribution is -0.133. The number of nitrogens with zero attached hydrogens (tertiary/aromatic N) is 3. The zero-order chi connectivity index (χ0) is 19.6. The molecule has 1 aromatic heterocycles. The van der Waals surface area contributed by atoms with Crippen LogP contribution in [0.2, 0.25) is 0 Å². The van der Waals surface area contributed by atoms with Gasteiger partial charge in [0.05, 0.1) is 22.5 Å². The van der Waals surface area contributed by atoms with E-state index in [4.69, 9.17) is 0 Å². The van der Waals surface area contributed by atoms with E-state index in [2.05, 4.69) is 0 Å². The first kappa shape index (κ1) is 19.7. The lowest BCUT2D eigenvalue weighted by Crippen LogP contribution is -2.41. The van der Waals surface area contributed by atoms with Crippen molar-refractivity contribution >= 4 is 26.8 Å². The number of sulfone groups is 1. The predicted molar refractivity (Wildman–Crippen MR) is 106 cm³/mol. The third-order valence-corrected chi connectivity index (χ3v) is 6.98. The average molecular weight is 394 g/mol. The van der Waals surface area contributed by atoms with Gasteiger partial charge in [-0.3, -0.25) is 13.9 Å². The number of aryl methyl sites for hydroxylation is 2. The summed E-state index contributed by atoms with van der Waals surface area (Å²) in [6.07, 6.45) is 1.54. The number of hydrogen-bond acceptors (Lipinski definition) is 4. The second kappa shape index (κ2) is 7.88. The van der Waals surface area contributed by atoms with Gasteiger partial charge in [-0.2, -0.15) is 0 Å². The van der Waals surface area contributed by atoms with Crippen molar-refractivity contribution in [2.24, 2.45) is 0 Å². The molecule has 148 valence electrons. The van der Waals surface area contributed by atoms with E-state index in [-0.39, 0.29) is 35.6 Å². The fourth-order valence-electron chi connectivity index (χ4n) is 3.94. The normalized spacial score (nSPS) is 18.8. The Labute approximate surface area is 159 Å². The fourth-order valence-corrected chi connectivity index (χ4v) is 5.67. The SMILES string of the molecule is CCCn1c(=O)n(CCC(=O)N(CC)C2CCS(=O)(=O)C2)c2ccccc21. The highest BCUT2D eigenvalue weighted by Gasteiger charge is 2.33. The van der Waals surface area contributed by atoms with Gasteiger partial charge in [-0.25, -0.2) is 13.2 Å². The van der Waals surface area contributed by atoms with Crippen LogP contribution in [0.5, 0.6) is 0 Å². The number of carbonyl (C=O) groups is 1. The maximum absolute atomic E-state index is 12.8. The molecule has 0 saturated carbocycles. The minimum atomic E-state index is -3.04. The number of fused-ring (bicyclic) bond motifs is 1. The minimum Gasteiger partial charge on any atom is -0.339 e. The topological polar surface area (TPSA) is 81.4 Å². The Morgan fingerprint density at radius 2 is 1.78 bits per heavy atom. The second-order valence-corrected chi connectivity index (χ2v) is 9.29. The van der Waals surface area contributed by atoms with Gasteiger partial charge >= 0.3 is 5.69 Å². The van der Waals surface area contributed by atoms with E-state index in [1.807, 2.05) is 38.1 Å². The summed E-state index contributed by atoms with van der Waals surface area (Å²) < 4.78 is 26.9. The molecule has 1 amide bonds. The largest absolute Gasteiger partial charge is 0.339 e. The van der Waals surface area contributed by atoms with Crippen LogP contribution in [0.1, 0.15) is 33.1 Å². The van der Waals surface area contributed by atoms with E-state index in [1.165, 1.54) is 0 Å². The molecule has 1 aliphatic heterocycles. The number of benzene rings is 1. The molecule has 1 fully saturated rings. The highest BCUT2D eigenvalue weighted by molar-refractivity contribution is 7.91. The van der Waals surface area contributed by atoms with Crippen molar-refractivity contribution in [2.75, 3.05) is 18.1 Å². The van der Waals surface area contributed by atoms with Crippen LogP contribution in [0.3, 0.4) is 0 Å². The maximum atomic E-state index is 12.8. The molecule has 2 aromatic rings. The van der Waals surface area contributed by atoms with E-state index in [1.54, 1.807) is 14.0 Å². The Morgan fingerprint density at radius 3 is 2.30 bits per heavy atom. The van der Waals surface area contributed by atoms with E-state index < -0.39 is 9.84 Å². The van der Waals surface area contributed by atoms with Gasteiger partial charge in [0.1, 0.15) is 0 Å². The molecule has 1 unspecified atom stereocenters. The van der Waals surface area contributed by atoms with E-state index in [0.29, 0.717) is 26.1 Å². The first-order chi connectivity index (χ1) is 12.9. The molecule has 3 rings (SSSR count). The van der Waals surface area contributed by atoms with E-state index in [9.17, 15) is 18.0 Å². The van der Waals surface area contributed by atoms with Gasteiger partial charge in [0, 0.05) is 32.1 Å². The van der Waals surface area contributed by atoms with Gasteiger partial charge in [-0.1, -0.05) is 19.1 Å². The summed E-state index contributed by atoms with van der Waals surface area (Å²) in [4.78, 5) is 27.2. The molecule has 0 N–H and O–H groups in total. The third-order valence-electron chi connectivity index (χ3n) is 5.23. The standard InChI is InChI=1S/C19H27N3O4S/c1-3-11-21-16-7-5-6-8-17(16)22(19(21)24)12-9-18(23)20(4-2)15-10-13-27(25,26)14-15/h5-8,15H,3-4,9-14H2,1-2H3. The number of imidazole rings is 1. The van der Waals surface area contributed by atoms with Crippen molar-refractivity contribution in [2.45, 2.75) is 52.2 Å². The molecule has 1 saturated heterocycles. The maximum Gasteiger partial charge on any atom is 0.329 e. The van der Waals surface area contributed by atoms with Crippen molar-refractivity contribution < 1.29 is 13.2 Å². The van der Waals surface area contributed by atoms with Crippen LogP contribution in [0.15, 0.2) is 29.1 Å². The van der Waals surface area contributed by atoms with Crippen LogP contribution in [0.4, 0.5) is 0 Å².